The molecule has 1 atom stereocenters. The number of aliphatic hydroxyl groups is 1. The van der Waals surface area contributed by atoms with Gasteiger partial charge in [0.2, 0.25) is 0 Å². The number of carbonyl (C=O) groups is 1. The molecule has 1 heterocycles. The van der Waals surface area contributed by atoms with Crippen LogP contribution in [0, 0.1) is 5.92 Å². The number of carboxylic acid groups (broad SMARTS) is 1. The molecule has 5 heteroatoms. The summed E-state index contributed by atoms with van der Waals surface area (Å²) < 4.78 is 2.01. The van der Waals surface area contributed by atoms with Crippen molar-refractivity contribution >= 4 is 17.0 Å². The molecule has 0 spiro atoms. The number of hydrogen-bond acceptors (Lipinski definition) is 3. The van der Waals surface area contributed by atoms with E-state index in [4.69, 9.17) is 0 Å². The Balaban J connectivity index is 2.69. The van der Waals surface area contributed by atoms with E-state index in [0.717, 1.165) is 29.7 Å². The molecule has 0 saturated carbocycles. The zero-order valence-electron chi connectivity index (χ0n) is 12.7. The number of nitrogens with zero attached hydrogens (tertiary/aromatic N) is 2. The van der Waals surface area contributed by atoms with Gasteiger partial charge in [-0.1, -0.05) is 20.8 Å². The quantitative estimate of drug-likeness (QED) is 0.857. The van der Waals surface area contributed by atoms with Gasteiger partial charge in [-0.2, -0.15) is 0 Å². The van der Waals surface area contributed by atoms with Crippen LogP contribution in [0.1, 0.15) is 49.4 Å². The molecular formula is C16H22N2O3. The first-order chi connectivity index (χ1) is 9.99. The minimum Gasteiger partial charge on any atom is -0.478 e. The maximum atomic E-state index is 11.2. The van der Waals surface area contributed by atoms with E-state index in [1.54, 1.807) is 18.2 Å². The summed E-state index contributed by atoms with van der Waals surface area (Å²) in [7, 11) is 0. The van der Waals surface area contributed by atoms with E-state index in [9.17, 15) is 15.0 Å². The molecule has 0 aliphatic heterocycles. The third-order valence-corrected chi connectivity index (χ3v) is 3.77. The molecule has 2 rings (SSSR count). The lowest BCUT2D eigenvalue weighted by Crippen LogP contribution is -2.21. The molecule has 1 aromatic carbocycles. The van der Waals surface area contributed by atoms with Crippen LogP contribution in [0.4, 0.5) is 0 Å². The maximum absolute atomic E-state index is 11.2. The maximum Gasteiger partial charge on any atom is 0.335 e. The van der Waals surface area contributed by atoms with Gasteiger partial charge in [0.05, 0.1) is 29.2 Å². The van der Waals surface area contributed by atoms with Crippen LogP contribution in [0.25, 0.3) is 11.0 Å². The Morgan fingerprint density at radius 2 is 2.10 bits per heavy atom. The second kappa shape index (κ2) is 6.26. The molecule has 5 nitrogen and oxygen atoms in total. The summed E-state index contributed by atoms with van der Waals surface area (Å²) in [6.07, 6.45) is 1.76. The zero-order valence-corrected chi connectivity index (χ0v) is 12.7. The molecule has 21 heavy (non-hydrogen) atoms. The van der Waals surface area contributed by atoms with Crippen molar-refractivity contribution in [3.8, 4) is 0 Å². The van der Waals surface area contributed by atoms with E-state index in [1.165, 1.54) is 0 Å². The Hall–Kier alpha value is -1.88. The summed E-state index contributed by atoms with van der Waals surface area (Å²) in [6.45, 7) is 6.18. The third-order valence-electron chi connectivity index (χ3n) is 3.77. The Bertz CT molecular complexity index is 646. The van der Waals surface area contributed by atoms with Crippen LogP contribution in [0.15, 0.2) is 18.2 Å². The number of fused-ring (bicyclic) bond motifs is 1. The van der Waals surface area contributed by atoms with Gasteiger partial charge in [-0.3, -0.25) is 0 Å². The minimum absolute atomic E-state index is 0.0111. The number of rotatable bonds is 6. The first-order valence-corrected chi connectivity index (χ1v) is 7.34. The first kappa shape index (κ1) is 15.5. The minimum atomic E-state index is -0.952. The van der Waals surface area contributed by atoms with Gasteiger partial charge >= 0.3 is 5.97 Å². The lowest BCUT2D eigenvalue weighted by atomic mass is 10.0. The van der Waals surface area contributed by atoms with Crippen LogP contribution in [-0.4, -0.2) is 32.3 Å². The van der Waals surface area contributed by atoms with Crippen molar-refractivity contribution in [3.05, 3.63) is 29.6 Å². The smallest absolute Gasteiger partial charge is 0.335 e. The highest BCUT2D eigenvalue weighted by atomic mass is 16.4. The van der Waals surface area contributed by atoms with E-state index in [2.05, 4.69) is 11.9 Å². The number of imidazole rings is 1. The van der Waals surface area contributed by atoms with E-state index < -0.39 is 5.97 Å². The van der Waals surface area contributed by atoms with Gasteiger partial charge in [-0.05, 0) is 30.5 Å². The number of aliphatic hydroxyl groups excluding tert-OH is 1. The topological polar surface area (TPSA) is 75.3 Å². The summed E-state index contributed by atoms with van der Waals surface area (Å²) in [5, 5.41) is 18.9. The molecule has 2 aromatic rings. The number of hydrogen-bond donors (Lipinski definition) is 2. The monoisotopic (exact) mass is 290 g/mol. The Kier molecular flexibility index (Phi) is 4.63. The van der Waals surface area contributed by atoms with Crippen molar-refractivity contribution in [2.45, 2.75) is 39.7 Å². The summed E-state index contributed by atoms with van der Waals surface area (Å²) in [4.78, 5) is 15.8. The molecule has 0 amide bonds. The van der Waals surface area contributed by atoms with Crippen molar-refractivity contribution in [1.82, 2.24) is 9.55 Å². The fraction of sp³-hybridized carbons (Fsp3) is 0.500. The van der Waals surface area contributed by atoms with Crippen molar-refractivity contribution in [3.63, 3.8) is 0 Å². The highest BCUT2D eigenvalue weighted by Crippen LogP contribution is 2.27. The molecule has 114 valence electrons. The normalized spacial score (nSPS) is 13.0. The van der Waals surface area contributed by atoms with Crippen LogP contribution in [0.2, 0.25) is 0 Å². The number of benzene rings is 1. The van der Waals surface area contributed by atoms with Crippen LogP contribution in [0.5, 0.6) is 0 Å². The van der Waals surface area contributed by atoms with Gasteiger partial charge in [-0.15, -0.1) is 0 Å². The fourth-order valence-corrected chi connectivity index (χ4v) is 2.64. The molecule has 0 saturated heterocycles. The Morgan fingerprint density at radius 1 is 1.38 bits per heavy atom. The SMILES string of the molecule is CCCc1nc2ccc(C(=O)O)cc2n1[C@@H](CO)C(C)C. The fourth-order valence-electron chi connectivity index (χ4n) is 2.64. The lowest BCUT2D eigenvalue weighted by molar-refractivity contribution is 0.0697. The molecule has 0 unspecified atom stereocenters. The van der Waals surface area contributed by atoms with Crippen LogP contribution >= 0.6 is 0 Å². The van der Waals surface area contributed by atoms with Gasteiger partial charge in [-0.25, -0.2) is 9.78 Å². The first-order valence-electron chi connectivity index (χ1n) is 7.34. The second-order valence-corrected chi connectivity index (χ2v) is 5.65. The van der Waals surface area contributed by atoms with Crippen LogP contribution in [-0.2, 0) is 6.42 Å². The van der Waals surface area contributed by atoms with E-state index >= 15 is 0 Å². The predicted octanol–water partition coefficient (Wildman–Crippen LogP) is 2.88. The predicted molar refractivity (Wildman–Crippen MR) is 81.6 cm³/mol. The molecule has 0 radical (unpaired) electrons. The molecular weight excluding hydrogens is 268 g/mol. The molecule has 2 N–H and O–H groups in total. The number of aromatic carboxylic acids is 1. The summed E-state index contributed by atoms with van der Waals surface area (Å²) in [5.74, 6) is 0.186. The Morgan fingerprint density at radius 3 is 2.62 bits per heavy atom. The average molecular weight is 290 g/mol. The summed E-state index contributed by atoms with van der Waals surface area (Å²) in [5.41, 5.74) is 1.81. The molecule has 1 aromatic heterocycles. The van der Waals surface area contributed by atoms with Crippen LogP contribution in [0.3, 0.4) is 0 Å². The van der Waals surface area contributed by atoms with E-state index in [-0.39, 0.29) is 24.1 Å². The highest BCUT2D eigenvalue weighted by molar-refractivity contribution is 5.92. The number of aromatic nitrogens is 2. The summed E-state index contributed by atoms with van der Waals surface area (Å²) in [6, 6.07) is 4.86. The highest BCUT2D eigenvalue weighted by Gasteiger charge is 2.21. The molecule has 0 bridgehead atoms. The van der Waals surface area contributed by atoms with Gasteiger partial charge < -0.3 is 14.8 Å². The Labute approximate surface area is 124 Å². The number of aryl methyl sites for hydroxylation is 1. The number of carboxylic acids is 1. The van der Waals surface area contributed by atoms with Gasteiger partial charge in [0, 0.05) is 6.42 Å². The zero-order chi connectivity index (χ0) is 15.6. The van der Waals surface area contributed by atoms with Crippen LogP contribution < -0.4 is 0 Å². The molecule has 0 fully saturated rings. The van der Waals surface area contributed by atoms with Gasteiger partial charge in [0.1, 0.15) is 5.82 Å². The van der Waals surface area contributed by atoms with E-state index in [1.807, 2.05) is 18.4 Å². The van der Waals surface area contributed by atoms with Gasteiger partial charge in [0.15, 0.2) is 0 Å². The molecule has 0 aliphatic carbocycles. The largest absolute Gasteiger partial charge is 0.478 e. The van der Waals surface area contributed by atoms with Crippen molar-refractivity contribution in [1.29, 1.82) is 0 Å². The third kappa shape index (κ3) is 2.93. The standard InChI is InChI=1S/C16H22N2O3/c1-4-5-15-17-12-7-6-11(16(20)21)8-13(12)18(15)14(9-19)10(2)3/h6-8,10,14,19H,4-5,9H2,1-3H3,(H,20,21)/t14-/m0/s1. The van der Waals surface area contributed by atoms with Gasteiger partial charge in [0.25, 0.3) is 0 Å². The second-order valence-electron chi connectivity index (χ2n) is 5.65. The lowest BCUT2D eigenvalue weighted by Gasteiger charge is -2.23. The summed E-state index contributed by atoms with van der Waals surface area (Å²) >= 11 is 0. The van der Waals surface area contributed by atoms with Crippen molar-refractivity contribution < 1.29 is 15.0 Å². The average Bonchev–Trinajstić information content (AvgIpc) is 2.77. The van der Waals surface area contributed by atoms with Crippen molar-refractivity contribution in [2.75, 3.05) is 6.61 Å². The van der Waals surface area contributed by atoms with E-state index in [0.29, 0.717) is 0 Å². The molecule has 0 aliphatic rings. The van der Waals surface area contributed by atoms with Crippen molar-refractivity contribution in [2.24, 2.45) is 5.92 Å².